The van der Waals surface area contributed by atoms with Crippen LogP contribution >= 0.6 is 15.9 Å². The summed E-state index contributed by atoms with van der Waals surface area (Å²) < 4.78 is 15.6. The number of benzene rings is 1. The average molecular weight is 313 g/mol. The Balaban J connectivity index is 2.19. The van der Waals surface area contributed by atoms with E-state index in [4.69, 9.17) is 0 Å². The maximum absolute atomic E-state index is 13.0. The topological polar surface area (TPSA) is 38.0 Å². The van der Waals surface area contributed by atoms with Crippen molar-refractivity contribution < 1.29 is 9.50 Å². The first-order valence-electron chi connectivity index (χ1n) is 5.61. The molecule has 18 heavy (non-hydrogen) atoms. The summed E-state index contributed by atoms with van der Waals surface area (Å²) in [6.45, 7) is 4.01. The molecule has 0 aliphatic rings. The van der Waals surface area contributed by atoms with Gasteiger partial charge in [-0.1, -0.05) is 6.07 Å². The van der Waals surface area contributed by atoms with Gasteiger partial charge in [-0.05, 0) is 53.0 Å². The highest BCUT2D eigenvalue weighted by Crippen LogP contribution is 2.21. The Morgan fingerprint density at radius 3 is 2.72 bits per heavy atom. The lowest BCUT2D eigenvalue weighted by Gasteiger charge is -2.13. The molecule has 0 fully saturated rings. The van der Waals surface area contributed by atoms with Crippen LogP contribution in [0.15, 0.2) is 28.9 Å². The van der Waals surface area contributed by atoms with Crippen molar-refractivity contribution in [3.63, 3.8) is 0 Å². The second-order valence-electron chi connectivity index (χ2n) is 4.30. The third-order valence-electron chi connectivity index (χ3n) is 2.84. The lowest BCUT2D eigenvalue weighted by molar-refractivity contribution is 0.150. The second-order valence-corrected chi connectivity index (χ2v) is 5.16. The monoisotopic (exact) mass is 312 g/mol. The number of hydrogen-bond acceptors (Lipinski definition) is 2. The minimum atomic E-state index is -0.697. The molecule has 1 aromatic carbocycles. The van der Waals surface area contributed by atoms with E-state index >= 15 is 0 Å². The van der Waals surface area contributed by atoms with Gasteiger partial charge in [-0.25, -0.2) is 4.39 Å². The van der Waals surface area contributed by atoms with Gasteiger partial charge in [-0.3, -0.25) is 4.68 Å². The first kappa shape index (κ1) is 13.2. The Kier molecular flexibility index (Phi) is 3.82. The number of rotatable bonds is 3. The maximum Gasteiger partial charge on any atom is 0.123 e. The summed E-state index contributed by atoms with van der Waals surface area (Å²) in [5, 5.41) is 14.4. The minimum Gasteiger partial charge on any atom is -0.386 e. The van der Waals surface area contributed by atoms with Crippen molar-refractivity contribution in [1.29, 1.82) is 0 Å². The zero-order valence-electron chi connectivity index (χ0n) is 10.2. The Bertz CT molecular complexity index is 549. The quantitative estimate of drug-likeness (QED) is 0.945. The lowest BCUT2D eigenvalue weighted by atomic mass is 10.0. The van der Waals surface area contributed by atoms with E-state index in [0.717, 1.165) is 21.3 Å². The fourth-order valence-corrected chi connectivity index (χ4v) is 2.19. The molecule has 0 amide bonds. The largest absolute Gasteiger partial charge is 0.386 e. The van der Waals surface area contributed by atoms with Crippen molar-refractivity contribution >= 4 is 15.9 Å². The number of aromatic nitrogens is 2. The highest BCUT2D eigenvalue weighted by molar-refractivity contribution is 9.10. The van der Waals surface area contributed by atoms with Crippen molar-refractivity contribution in [2.45, 2.75) is 26.5 Å². The standard InChI is InChI=1S/C13H14BrFN2O/c1-8-5-10(15)3-4-11(8)13(18)7-17-6-12(14)9(2)16-17/h3-6,13,18H,7H2,1-2H3. The van der Waals surface area contributed by atoms with E-state index in [9.17, 15) is 9.50 Å². The molecule has 2 aromatic rings. The lowest BCUT2D eigenvalue weighted by Crippen LogP contribution is -2.10. The number of halogens is 2. The third-order valence-corrected chi connectivity index (χ3v) is 3.62. The zero-order valence-corrected chi connectivity index (χ0v) is 11.8. The molecular formula is C13H14BrFN2O. The molecule has 1 unspecified atom stereocenters. The van der Waals surface area contributed by atoms with Crippen molar-refractivity contribution in [2.75, 3.05) is 0 Å². The molecule has 0 saturated carbocycles. The summed E-state index contributed by atoms with van der Waals surface area (Å²) >= 11 is 3.37. The predicted molar refractivity (Wildman–Crippen MR) is 70.8 cm³/mol. The first-order chi connectivity index (χ1) is 8.47. The number of hydrogen-bond donors (Lipinski definition) is 1. The molecule has 0 bridgehead atoms. The Labute approximate surface area is 113 Å². The minimum absolute atomic E-state index is 0.291. The second kappa shape index (κ2) is 5.20. The normalized spacial score (nSPS) is 12.7. The number of nitrogens with zero attached hydrogens (tertiary/aromatic N) is 2. The van der Waals surface area contributed by atoms with Crippen LogP contribution in [-0.4, -0.2) is 14.9 Å². The molecule has 5 heteroatoms. The molecule has 0 aliphatic heterocycles. The molecular weight excluding hydrogens is 299 g/mol. The van der Waals surface area contributed by atoms with Crippen molar-refractivity contribution in [3.05, 3.63) is 51.5 Å². The summed E-state index contributed by atoms with van der Waals surface area (Å²) in [6.07, 6.45) is 1.12. The van der Waals surface area contributed by atoms with Gasteiger partial charge in [0.25, 0.3) is 0 Å². The molecule has 0 spiro atoms. The molecule has 1 aromatic heterocycles. The fraction of sp³-hybridized carbons (Fsp3) is 0.308. The molecule has 0 saturated heterocycles. The first-order valence-corrected chi connectivity index (χ1v) is 6.40. The molecule has 0 radical (unpaired) electrons. The van der Waals surface area contributed by atoms with Gasteiger partial charge in [-0.2, -0.15) is 5.10 Å². The van der Waals surface area contributed by atoms with Crippen LogP contribution in [0.4, 0.5) is 4.39 Å². The van der Waals surface area contributed by atoms with Crippen LogP contribution in [0.5, 0.6) is 0 Å². The summed E-state index contributed by atoms with van der Waals surface area (Å²) in [4.78, 5) is 0. The van der Waals surface area contributed by atoms with Gasteiger partial charge in [0.2, 0.25) is 0 Å². The zero-order chi connectivity index (χ0) is 13.3. The summed E-state index contributed by atoms with van der Waals surface area (Å²) in [6, 6.07) is 4.39. The van der Waals surface area contributed by atoms with E-state index in [1.54, 1.807) is 17.7 Å². The summed E-state index contributed by atoms with van der Waals surface area (Å²) in [5.41, 5.74) is 2.34. The number of aliphatic hydroxyl groups excluding tert-OH is 1. The number of aliphatic hydroxyl groups is 1. The van der Waals surface area contributed by atoms with Gasteiger partial charge in [-0.15, -0.1) is 0 Å². The van der Waals surface area contributed by atoms with E-state index in [0.29, 0.717) is 6.54 Å². The van der Waals surface area contributed by atoms with Crippen LogP contribution in [0.1, 0.15) is 22.9 Å². The van der Waals surface area contributed by atoms with Crippen molar-refractivity contribution in [2.24, 2.45) is 0 Å². The van der Waals surface area contributed by atoms with Gasteiger partial charge in [0.15, 0.2) is 0 Å². The van der Waals surface area contributed by atoms with Crippen LogP contribution in [0.3, 0.4) is 0 Å². The van der Waals surface area contributed by atoms with Crippen LogP contribution in [0, 0.1) is 19.7 Å². The van der Waals surface area contributed by atoms with Gasteiger partial charge in [0, 0.05) is 6.20 Å². The highest BCUT2D eigenvalue weighted by Gasteiger charge is 2.13. The maximum atomic E-state index is 13.0. The fourth-order valence-electron chi connectivity index (χ4n) is 1.88. The van der Waals surface area contributed by atoms with E-state index < -0.39 is 6.10 Å². The smallest absolute Gasteiger partial charge is 0.123 e. The van der Waals surface area contributed by atoms with E-state index in [1.165, 1.54) is 12.1 Å². The Morgan fingerprint density at radius 2 is 2.17 bits per heavy atom. The molecule has 0 aliphatic carbocycles. The molecule has 96 valence electrons. The van der Waals surface area contributed by atoms with Crippen LogP contribution in [0.25, 0.3) is 0 Å². The predicted octanol–water partition coefficient (Wildman–Crippen LogP) is 3.14. The summed E-state index contributed by atoms with van der Waals surface area (Å²) in [7, 11) is 0. The van der Waals surface area contributed by atoms with E-state index in [-0.39, 0.29) is 5.82 Å². The third kappa shape index (κ3) is 2.79. The highest BCUT2D eigenvalue weighted by atomic mass is 79.9. The number of aryl methyl sites for hydroxylation is 2. The van der Waals surface area contributed by atoms with Crippen LogP contribution in [0.2, 0.25) is 0 Å². The van der Waals surface area contributed by atoms with Crippen LogP contribution < -0.4 is 0 Å². The van der Waals surface area contributed by atoms with E-state index in [2.05, 4.69) is 21.0 Å². The average Bonchev–Trinajstić information content (AvgIpc) is 2.57. The summed E-state index contributed by atoms with van der Waals surface area (Å²) in [5.74, 6) is -0.291. The molecule has 2 rings (SSSR count). The molecule has 3 nitrogen and oxygen atoms in total. The molecule has 1 N–H and O–H groups in total. The van der Waals surface area contributed by atoms with Gasteiger partial charge in [0.1, 0.15) is 5.82 Å². The van der Waals surface area contributed by atoms with Gasteiger partial charge < -0.3 is 5.11 Å². The van der Waals surface area contributed by atoms with Gasteiger partial charge in [0.05, 0.1) is 22.8 Å². The van der Waals surface area contributed by atoms with Crippen molar-refractivity contribution in [3.8, 4) is 0 Å². The van der Waals surface area contributed by atoms with Crippen molar-refractivity contribution in [1.82, 2.24) is 9.78 Å². The molecule has 1 heterocycles. The SMILES string of the molecule is Cc1cc(F)ccc1C(O)Cn1cc(Br)c(C)n1. The Hall–Kier alpha value is -1.20. The molecule has 1 atom stereocenters. The van der Waals surface area contributed by atoms with E-state index in [1.807, 2.05) is 13.1 Å². The van der Waals surface area contributed by atoms with Crippen LogP contribution in [-0.2, 0) is 6.54 Å². The Morgan fingerprint density at radius 1 is 1.44 bits per heavy atom. The van der Waals surface area contributed by atoms with Gasteiger partial charge >= 0.3 is 0 Å².